The number of ether oxygens (including phenoxy) is 1. The Hall–Kier alpha value is -0.650. The van der Waals surface area contributed by atoms with E-state index in [9.17, 15) is 0 Å². The van der Waals surface area contributed by atoms with Crippen LogP contribution in [0.3, 0.4) is 0 Å². The maximum absolute atomic E-state index is 5.74. The molecule has 0 aliphatic carbocycles. The quantitative estimate of drug-likeness (QED) is 0.849. The van der Waals surface area contributed by atoms with Crippen molar-refractivity contribution in [3.05, 3.63) is 27.4 Å². The van der Waals surface area contributed by atoms with Crippen molar-refractivity contribution in [2.75, 3.05) is 6.61 Å². The third-order valence-electron chi connectivity index (χ3n) is 2.81. The smallest absolute Gasteiger partial charge is 0.178 e. The lowest BCUT2D eigenvalue weighted by atomic mass is 10.1. The van der Waals surface area contributed by atoms with Crippen LogP contribution in [0.1, 0.15) is 20.8 Å². The summed E-state index contributed by atoms with van der Waals surface area (Å²) in [7, 11) is 0. The highest BCUT2D eigenvalue weighted by atomic mass is 79.9. The number of aromatic amines is 1. The van der Waals surface area contributed by atoms with Crippen molar-refractivity contribution in [2.24, 2.45) is 0 Å². The number of nitrogens with zero attached hydrogens (tertiary/aromatic N) is 1. The van der Waals surface area contributed by atoms with Gasteiger partial charge in [-0.2, -0.15) is 0 Å². The summed E-state index contributed by atoms with van der Waals surface area (Å²) in [5.41, 5.74) is 1.92. The van der Waals surface area contributed by atoms with Crippen molar-refractivity contribution in [1.82, 2.24) is 9.55 Å². The van der Waals surface area contributed by atoms with Gasteiger partial charge in [-0.3, -0.25) is 0 Å². The number of nitrogens with one attached hydrogen (secondary N) is 1. The molecular weight excluding hydrogens is 312 g/mol. The van der Waals surface area contributed by atoms with Crippen LogP contribution in [-0.4, -0.2) is 21.8 Å². The lowest BCUT2D eigenvalue weighted by Gasteiger charge is -2.25. The van der Waals surface area contributed by atoms with Crippen molar-refractivity contribution < 1.29 is 4.74 Å². The number of rotatable bonds is 4. The highest BCUT2D eigenvalue weighted by Crippen LogP contribution is 2.22. The van der Waals surface area contributed by atoms with E-state index in [0.29, 0.717) is 6.61 Å². The van der Waals surface area contributed by atoms with Gasteiger partial charge in [-0.05, 0) is 51.2 Å². The number of hydrogen-bond acceptors (Lipinski definition) is 2. The first-order chi connectivity index (χ1) is 8.43. The van der Waals surface area contributed by atoms with E-state index < -0.39 is 0 Å². The average Bonchev–Trinajstić information content (AvgIpc) is 2.55. The molecule has 0 aliphatic rings. The van der Waals surface area contributed by atoms with Gasteiger partial charge in [0.1, 0.15) is 0 Å². The number of hydrogen-bond donors (Lipinski definition) is 1. The van der Waals surface area contributed by atoms with E-state index in [-0.39, 0.29) is 5.60 Å². The van der Waals surface area contributed by atoms with E-state index in [2.05, 4.69) is 45.4 Å². The molecular formula is C13H17BrN2OS. The highest BCUT2D eigenvalue weighted by Gasteiger charge is 2.20. The molecule has 18 heavy (non-hydrogen) atoms. The van der Waals surface area contributed by atoms with E-state index >= 15 is 0 Å². The third-order valence-corrected chi connectivity index (χ3v) is 3.63. The molecule has 0 saturated carbocycles. The molecule has 0 bridgehead atoms. The molecule has 2 aromatic rings. The fourth-order valence-electron chi connectivity index (χ4n) is 2.10. The van der Waals surface area contributed by atoms with Gasteiger partial charge < -0.3 is 14.3 Å². The van der Waals surface area contributed by atoms with Crippen molar-refractivity contribution in [3.63, 3.8) is 0 Å². The van der Waals surface area contributed by atoms with Crippen LogP contribution in [0.15, 0.2) is 22.7 Å². The fourth-order valence-corrected chi connectivity index (χ4v) is 2.72. The molecule has 0 saturated heterocycles. The Labute approximate surface area is 120 Å². The van der Waals surface area contributed by atoms with Crippen LogP contribution in [0.2, 0.25) is 0 Å². The lowest BCUT2D eigenvalue weighted by molar-refractivity contribution is -0.0219. The van der Waals surface area contributed by atoms with E-state index in [0.717, 1.165) is 26.8 Å². The van der Waals surface area contributed by atoms with Crippen molar-refractivity contribution in [3.8, 4) is 0 Å². The molecule has 1 heterocycles. The molecule has 1 N–H and O–H groups in total. The standard InChI is InChI=1S/C13H17BrN2OS/c1-4-17-13(2,3)8-16-11-7-9(14)5-6-10(11)15-12(16)18/h5-7H,4,8H2,1-3H3,(H,15,18). The van der Waals surface area contributed by atoms with Gasteiger partial charge >= 0.3 is 0 Å². The van der Waals surface area contributed by atoms with Gasteiger partial charge in [-0.1, -0.05) is 15.9 Å². The Morgan fingerprint density at radius 2 is 2.17 bits per heavy atom. The van der Waals surface area contributed by atoms with Crippen LogP contribution in [-0.2, 0) is 11.3 Å². The number of benzene rings is 1. The molecule has 0 fully saturated rings. The van der Waals surface area contributed by atoms with E-state index in [1.165, 1.54) is 0 Å². The van der Waals surface area contributed by atoms with Crippen molar-refractivity contribution >= 4 is 39.2 Å². The molecule has 5 heteroatoms. The summed E-state index contributed by atoms with van der Waals surface area (Å²) in [6, 6.07) is 6.11. The number of fused-ring (bicyclic) bond motifs is 1. The van der Waals surface area contributed by atoms with Gasteiger partial charge in [0, 0.05) is 11.1 Å². The monoisotopic (exact) mass is 328 g/mol. The van der Waals surface area contributed by atoms with Gasteiger partial charge in [0.15, 0.2) is 4.77 Å². The zero-order valence-corrected chi connectivity index (χ0v) is 13.2. The molecule has 98 valence electrons. The summed E-state index contributed by atoms with van der Waals surface area (Å²) in [5, 5.41) is 0. The Morgan fingerprint density at radius 1 is 1.44 bits per heavy atom. The average molecular weight is 329 g/mol. The van der Waals surface area contributed by atoms with Crippen LogP contribution in [0, 0.1) is 4.77 Å². The molecule has 0 unspecified atom stereocenters. The molecule has 1 aromatic heterocycles. The molecule has 0 aliphatic heterocycles. The summed E-state index contributed by atoms with van der Waals surface area (Å²) in [4.78, 5) is 3.22. The first kappa shape index (κ1) is 13.8. The second kappa shape index (κ2) is 5.15. The van der Waals surface area contributed by atoms with E-state index in [1.807, 2.05) is 19.1 Å². The second-order valence-electron chi connectivity index (χ2n) is 4.87. The Kier molecular flexibility index (Phi) is 3.94. The fraction of sp³-hybridized carbons (Fsp3) is 0.462. The molecule has 0 amide bonds. The minimum Gasteiger partial charge on any atom is -0.374 e. The maximum atomic E-state index is 5.74. The van der Waals surface area contributed by atoms with E-state index in [1.54, 1.807) is 0 Å². The molecule has 0 spiro atoms. The molecule has 2 rings (SSSR count). The summed E-state index contributed by atoms with van der Waals surface area (Å²) in [5.74, 6) is 0. The molecule has 0 atom stereocenters. The Morgan fingerprint density at radius 3 is 2.83 bits per heavy atom. The first-order valence-corrected chi connectivity index (χ1v) is 7.15. The van der Waals surface area contributed by atoms with Gasteiger partial charge in [-0.15, -0.1) is 0 Å². The second-order valence-corrected chi connectivity index (χ2v) is 6.17. The summed E-state index contributed by atoms with van der Waals surface area (Å²) < 4.78 is 9.61. The normalized spacial score (nSPS) is 12.2. The SMILES string of the molecule is CCOC(C)(C)Cn1c(=S)[nH]c2ccc(Br)cc21. The van der Waals surface area contributed by atoms with Gasteiger partial charge in [0.25, 0.3) is 0 Å². The maximum Gasteiger partial charge on any atom is 0.178 e. The zero-order valence-electron chi connectivity index (χ0n) is 10.8. The highest BCUT2D eigenvalue weighted by molar-refractivity contribution is 9.10. The third kappa shape index (κ3) is 2.84. The predicted molar refractivity (Wildman–Crippen MR) is 80.5 cm³/mol. The Balaban J connectivity index is 2.47. The van der Waals surface area contributed by atoms with Crippen LogP contribution in [0.4, 0.5) is 0 Å². The number of imidazole rings is 1. The summed E-state index contributed by atoms with van der Waals surface area (Å²) in [6.45, 7) is 7.60. The topological polar surface area (TPSA) is 29.9 Å². The number of halogens is 1. The molecule has 3 nitrogen and oxygen atoms in total. The Bertz CT molecular complexity index is 615. The van der Waals surface area contributed by atoms with Crippen LogP contribution in [0.25, 0.3) is 11.0 Å². The van der Waals surface area contributed by atoms with Crippen LogP contribution in [0.5, 0.6) is 0 Å². The predicted octanol–water partition coefficient (Wildman–Crippen LogP) is 4.28. The molecule has 0 radical (unpaired) electrons. The van der Waals surface area contributed by atoms with Gasteiger partial charge in [-0.25, -0.2) is 0 Å². The minimum absolute atomic E-state index is 0.232. The van der Waals surface area contributed by atoms with Crippen LogP contribution >= 0.6 is 28.1 Å². The van der Waals surface area contributed by atoms with E-state index in [4.69, 9.17) is 17.0 Å². The van der Waals surface area contributed by atoms with Gasteiger partial charge in [0.05, 0.1) is 23.2 Å². The lowest BCUT2D eigenvalue weighted by Crippen LogP contribution is -2.30. The van der Waals surface area contributed by atoms with Gasteiger partial charge in [0.2, 0.25) is 0 Å². The van der Waals surface area contributed by atoms with Crippen molar-refractivity contribution in [2.45, 2.75) is 32.9 Å². The summed E-state index contributed by atoms with van der Waals surface area (Å²) in [6.07, 6.45) is 0. The molecule has 1 aromatic carbocycles. The minimum atomic E-state index is -0.232. The number of H-pyrrole nitrogens is 1. The summed E-state index contributed by atoms with van der Waals surface area (Å²) >= 11 is 8.88. The van der Waals surface area contributed by atoms with Crippen molar-refractivity contribution in [1.29, 1.82) is 0 Å². The largest absolute Gasteiger partial charge is 0.374 e. The first-order valence-electron chi connectivity index (χ1n) is 5.95. The zero-order chi connectivity index (χ0) is 13.3. The van der Waals surface area contributed by atoms with Crippen LogP contribution < -0.4 is 0 Å². The number of aromatic nitrogens is 2.